The van der Waals surface area contributed by atoms with E-state index >= 15 is 0 Å². The first-order valence-corrected chi connectivity index (χ1v) is 13.1. The number of halogens is 1. The molecule has 5 rings (SSSR count). The van der Waals surface area contributed by atoms with Crippen LogP contribution in [0.5, 0.6) is 0 Å². The fourth-order valence-electron chi connectivity index (χ4n) is 5.32. The maximum atomic E-state index is 12.9. The van der Waals surface area contributed by atoms with Crippen LogP contribution in [0, 0.1) is 12.8 Å². The molecule has 0 saturated carbocycles. The molecule has 0 amide bonds. The Balaban J connectivity index is 1.19. The van der Waals surface area contributed by atoms with Crippen LogP contribution < -0.4 is 0 Å². The number of nitrogens with zero attached hydrogens (tertiary/aromatic N) is 1. The van der Waals surface area contributed by atoms with Crippen molar-refractivity contribution in [2.45, 2.75) is 45.4 Å². The number of aromatic nitrogens is 1. The molecule has 0 bridgehead atoms. The number of benzene rings is 2. The summed E-state index contributed by atoms with van der Waals surface area (Å²) in [5.74, 6) is 0.609. The van der Waals surface area contributed by atoms with E-state index in [9.17, 15) is 4.79 Å². The molecule has 1 N–H and O–H groups in total. The Bertz CT molecular complexity index is 1240. The number of fused-ring (bicyclic) bond motifs is 1. The molecule has 1 saturated heterocycles. The minimum absolute atomic E-state index is 0.185. The summed E-state index contributed by atoms with van der Waals surface area (Å²) in [6, 6.07) is 18.9. The monoisotopic (exact) mass is 484 g/mol. The van der Waals surface area contributed by atoms with Crippen LogP contribution in [0.15, 0.2) is 67.3 Å². The Kier molecular flexibility index (Phi) is 6.97. The zero-order chi connectivity index (χ0) is 24.4. The Morgan fingerprint density at radius 2 is 1.80 bits per heavy atom. The number of H-pyrrole nitrogens is 1. The number of aromatic amines is 1. The Labute approximate surface area is 213 Å². The average Bonchev–Trinajstić information content (AvgIpc) is 3.32. The number of carbonyl (C=O) groups excluding carboxylic acids is 1. The second-order valence-corrected chi connectivity index (χ2v) is 10.4. The summed E-state index contributed by atoms with van der Waals surface area (Å²) in [4.78, 5) is 19.0. The zero-order valence-corrected chi connectivity index (χ0v) is 21.2. The van der Waals surface area contributed by atoms with Crippen LogP contribution in [0.3, 0.4) is 0 Å². The molecule has 2 heterocycles. The van der Waals surface area contributed by atoms with Gasteiger partial charge >= 0.3 is 0 Å². The van der Waals surface area contributed by atoms with Gasteiger partial charge < -0.3 is 9.88 Å². The van der Waals surface area contributed by atoms with Gasteiger partial charge in [0.25, 0.3) is 0 Å². The first-order chi connectivity index (χ1) is 17.0. The van der Waals surface area contributed by atoms with E-state index in [-0.39, 0.29) is 5.92 Å². The van der Waals surface area contributed by atoms with Crippen molar-refractivity contribution in [1.82, 2.24) is 9.88 Å². The molecule has 4 heteroatoms. The van der Waals surface area contributed by atoms with E-state index in [1.54, 1.807) is 0 Å². The number of hydrogen-bond donors (Lipinski definition) is 1. The normalized spacial score (nSPS) is 16.2. The lowest BCUT2D eigenvalue weighted by atomic mass is 9.88. The second-order valence-electron chi connectivity index (χ2n) is 9.94. The van der Waals surface area contributed by atoms with E-state index in [1.807, 2.05) is 12.1 Å². The van der Waals surface area contributed by atoms with Gasteiger partial charge in [0.05, 0.1) is 5.69 Å². The summed E-state index contributed by atoms with van der Waals surface area (Å²) >= 11 is 5.97. The van der Waals surface area contributed by atoms with Crippen molar-refractivity contribution in [3.05, 3.63) is 94.7 Å². The van der Waals surface area contributed by atoms with Gasteiger partial charge in [-0.2, -0.15) is 0 Å². The highest BCUT2D eigenvalue weighted by atomic mass is 35.5. The first-order valence-electron chi connectivity index (χ1n) is 12.7. The number of rotatable bonds is 7. The van der Waals surface area contributed by atoms with Crippen LogP contribution in [0.25, 0.3) is 22.5 Å². The van der Waals surface area contributed by atoms with Gasteiger partial charge in [-0.1, -0.05) is 66.2 Å². The molecule has 2 aliphatic rings. The maximum absolute atomic E-state index is 12.9. The van der Waals surface area contributed by atoms with Gasteiger partial charge in [0.15, 0.2) is 0 Å². The topological polar surface area (TPSA) is 36.1 Å². The number of nitrogens with one attached hydrogen (secondary N) is 1. The SMILES string of the molecule is C=C1CC=C(N2CCC(C(=O)CCCc3ccc(Cl)cc3)CC2)c2cc(-c3ccc(C)cc3)[nH]c21. The average molecular weight is 485 g/mol. The van der Waals surface area contributed by atoms with Crippen molar-refractivity contribution in [1.29, 1.82) is 0 Å². The molecule has 1 aliphatic heterocycles. The minimum Gasteiger partial charge on any atom is -0.371 e. The molecule has 1 aliphatic carbocycles. The van der Waals surface area contributed by atoms with Gasteiger partial charge in [0, 0.05) is 47.4 Å². The molecule has 3 aromatic rings. The number of allylic oxidation sites excluding steroid dienone is 2. The van der Waals surface area contributed by atoms with Gasteiger partial charge in [0.2, 0.25) is 0 Å². The molecule has 180 valence electrons. The summed E-state index contributed by atoms with van der Waals surface area (Å²) in [5, 5.41) is 0.757. The number of hydrogen-bond acceptors (Lipinski definition) is 2. The number of piperidine rings is 1. The molecule has 0 unspecified atom stereocenters. The highest BCUT2D eigenvalue weighted by molar-refractivity contribution is 6.30. The summed E-state index contributed by atoms with van der Waals surface area (Å²) in [5.41, 5.74) is 9.65. The molecule has 2 aromatic carbocycles. The van der Waals surface area contributed by atoms with Crippen molar-refractivity contribution >= 4 is 28.7 Å². The third-order valence-electron chi connectivity index (χ3n) is 7.44. The highest BCUT2D eigenvalue weighted by Gasteiger charge is 2.29. The smallest absolute Gasteiger partial charge is 0.136 e. The van der Waals surface area contributed by atoms with Crippen LogP contribution in [-0.4, -0.2) is 28.8 Å². The predicted octanol–water partition coefficient (Wildman–Crippen LogP) is 7.71. The zero-order valence-electron chi connectivity index (χ0n) is 20.4. The van der Waals surface area contributed by atoms with Crippen molar-refractivity contribution in [2.24, 2.45) is 5.92 Å². The Morgan fingerprint density at radius 1 is 1.09 bits per heavy atom. The predicted molar refractivity (Wildman–Crippen MR) is 146 cm³/mol. The molecular weight excluding hydrogens is 452 g/mol. The lowest BCUT2D eigenvalue weighted by Gasteiger charge is -2.36. The largest absolute Gasteiger partial charge is 0.371 e. The summed E-state index contributed by atoms with van der Waals surface area (Å²) in [7, 11) is 0. The molecule has 35 heavy (non-hydrogen) atoms. The molecule has 1 aromatic heterocycles. The van der Waals surface area contributed by atoms with E-state index in [2.05, 4.69) is 71.9 Å². The van der Waals surface area contributed by atoms with E-state index in [1.165, 1.54) is 28.0 Å². The van der Waals surface area contributed by atoms with Gasteiger partial charge in [0.1, 0.15) is 5.78 Å². The fourth-order valence-corrected chi connectivity index (χ4v) is 5.45. The Hall–Kier alpha value is -3.04. The van der Waals surface area contributed by atoms with Gasteiger partial charge in [-0.05, 0) is 73.9 Å². The summed E-state index contributed by atoms with van der Waals surface area (Å²) < 4.78 is 0. The molecule has 0 atom stereocenters. The van der Waals surface area contributed by atoms with Crippen LogP contribution in [0.4, 0.5) is 0 Å². The van der Waals surface area contributed by atoms with E-state index in [4.69, 9.17) is 11.6 Å². The van der Waals surface area contributed by atoms with Gasteiger partial charge in [-0.25, -0.2) is 0 Å². The summed E-state index contributed by atoms with van der Waals surface area (Å²) in [6.45, 7) is 8.27. The van der Waals surface area contributed by atoms with Crippen molar-refractivity contribution < 1.29 is 4.79 Å². The van der Waals surface area contributed by atoms with Crippen molar-refractivity contribution in [3.63, 3.8) is 0 Å². The number of aryl methyl sites for hydroxylation is 2. The lowest BCUT2D eigenvalue weighted by molar-refractivity contribution is -0.124. The standard InChI is InChI=1S/C31H33ClN2O/c1-21-6-11-24(12-7-21)28-20-27-29(15-8-22(2)31(27)33-28)34-18-16-25(17-19-34)30(35)5-3-4-23-9-13-26(32)14-10-23/h6-7,9-15,20,25,33H,2-5,8,16-19H2,1H3. The van der Waals surface area contributed by atoms with Crippen LogP contribution in [-0.2, 0) is 11.2 Å². The fraction of sp³-hybridized carbons (Fsp3) is 0.323. The van der Waals surface area contributed by atoms with Crippen molar-refractivity contribution in [3.8, 4) is 11.3 Å². The van der Waals surface area contributed by atoms with Crippen LogP contribution >= 0.6 is 11.6 Å². The number of carbonyl (C=O) groups is 1. The summed E-state index contributed by atoms with van der Waals surface area (Å²) in [6.07, 6.45) is 7.54. The van der Waals surface area contributed by atoms with Gasteiger partial charge in [-0.15, -0.1) is 0 Å². The molecule has 3 nitrogen and oxygen atoms in total. The third-order valence-corrected chi connectivity index (χ3v) is 7.70. The van der Waals surface area contributed by atoms with Gasteiger partial charge in [-0.3, -0.25) is 4.79 Å². The third kappa shape index (κ3) is 5.31. The maximum Gasteiger partial charge on any atom is 0.136 e. The van der Waals surface area contributed by atoms with Crippen LogP contribution in [0.2, 0.25) is 5.02 Å². The van der Waals surface area contributed by atoms with Crippen molar-refractivity contribution in [2.75, 3.05) is 13.1 Å². The quantitative estimate of drug-likeness (QED) is 0.373. The van der Waals surface area contributed by atoms with E-state index < -0.39 is 0 Å². The number of likely N-dealkylation sites (tertiary alicyclic amines) is 1. The van der Waals surface area contributed by atoms with E-state index in [0.29, 0.717) is 12.2 Å². The molecule has 0 spiro atoms. The number of ketones is 1. The molecule has 0 radical (unpaired) electrons. The Morgan fingerprint density at radius 3 is 2.51 bits per heavy atom. The number of Topliss-reactive ketones (excluding diaryl/α,β-unsaturated/α-hetero) is 1. The second kappa shape index (κ2) is 10.3. The first kappa shape index (κ1) is 23.7. The lowest BCUT2D eigenvalue weighted by Crippen LogP contribution is -2.35. The van der Waals surface area contributed by atoms with Crippen LogP contribution in [0.1, 0.15) is 54.5 Å². The minimum atomic E-state index is 0.185. The molecule has 1 fully saturated rings. The molecular formula is C31H33ClN2O. The highest BCUT2D eigenvalue weighted by Crippen LogP contribution is 2.39. The van der Waals surface area contributed by atoms with E-state index in [0.717, 1.165) is 67.2 Å².